The quantitative estimate of drug-likeness (QED) is 0.180. The second-order valence-electron chi connectivity index (χ2n) is 10.9. The van der Waals surface area contributed by atoms with Crippen LogP contribution in [0.25, 0.3) is 0 Å². The summed E-state index contributed by atoms with van der Waals surface area (Å²) in [5.74, 6) is -0.102. The Morgan fingerprint density at radius 3 is 1.90 bits per heavy atom. The van der Waals surface area contributed by atoms with E-state index in [1.807, 2.05) is 0 Å². The molecule has 0 atom stereocenters. The third-order valence-corrected chi connectivity index (χ3v) is 6.64. The second-order valence-corrected chi connectivity index (χ2v) is 10.9. The molecule has 0 aromatic heterocycles. The second kappa shape index (κ2) is 10.6. The molecule has 0 spiro atoms. The minimum atomic E-state index is -0.202. The molecule has 0 unspecified atom stereocenters. The predicted molar refractivity (Wildman–Crippen MR) is 122 cm³/mol. The minimum absolute atomic E-state index is 0.0332. The Morgan fingerprint density at radius 1 is 0.759 bits per heavy atom. The molecule has 3 nitrogen and oxygen atoms in total. The lowest BCUT2D eigenvalue weighted by atomic mass is 9.89. The van der Waals surface area contributed by atoms with Crippen LogP contribution in [0, 0.1) is 10.8 Å². The molecule has 1 fully saturated rings. The van der Waals surface area contributed by atoms with Gasteiger partial charge in [0.25, 0.3) is 0 Å². The summed E-state index contributed by atoms with van der Waals surface area (Å²) < 4.78 is 0. The van der Waals surface area contributed by atoms with Gasteiger partial charge in [0.05, 0.1) is 0 Å². The van der Waals surface area contributed by atoms with Crippen LogP contribution in [-0.2, 0) is 12.8 Å². The minimum Gasteiger partial charge on any atom is -0.508 e. The van der Waals surface area contributed by atoms with Crippen molar-refractivity contribution in [1.29, 1.82) is 0 Å². The lowest BCUT2D eigenvalue weighted by Gasteiger charge is -2.18. The topological polar surface area (TPSA) is 60.7 Å². The molecular formula is C26H44O3. The zero-order valence-electron chi connectivity index (χ0n) is 19.3. The van der Waals surface area contributed by atoms with Crippen LogP contribution in [0.5, 0.6) is 17.2 Å². The summed E-state index contributed by atoms with van der Waals surface area (Å²) in [6.07, 6.45) is 16.1. The molecule has 1 saturated carbocycles. The van der Waals surface area contributed by atoms with Crippen molar-refractivity contribution in [2.75, 3.05) is 0 Å². The maximum atomic E-state index is 10.4. The summed E-state index contributed by atoms with van der Waals surface area (Å²) >= 11 is 0. The van der Waals surface area contributed by atoms with E-state index in [2.05, 4.69) is 27.7 Å². The van der Waals surface area contributed by atoms with Gasteiger partial charge in [-0.25, -0.2) is 0 Å². The van der Waals surface area contributed by atoms with Gasteiger partial charge in [0.2, 0.25) is 0 Å². The van der Waals surface area contributed by atoms with Gasteiger partial charge in [0, 0.05) is 17.2 Å². The smallest absolute Gasteiger partial charge is 0.161 e. The maximum absolute atomic E-state index is 10.4. The van der Waals surface area contributed by atoms with E-state index in [1.165, 1.54) is 57.4 Å². The number of rotatable bonds is 13. The van der Waals surface area contributed by atoms with Crippen LogP contribution in [0.4, 0.5) is 0 Å². The Kier molecular flexibility index (Phi) is 8.73. The Bertz CT molecular complexity index is 638. The Hall–Kier alpha value is -1.38. The van der Waals surface area contributed by atoms with Crippen molar-refractivity contribution in [3.8, 4) is 17.2 Å². The monoisotopic (exact) mass is 404 g/mol. The van der Waals surface area contributed by atoms with Gasteiger partial charge < -0.3 is 15.3 Å². The van der Waals surface area contributed by atoms with E-state index in [1.54, 1.807) is 0 Å². The summed E-state index contributed by atoms with van der Waals surface area (Å²) in [5.41, 5.74) is 2.62. The Balaban J connectivity index is 1.79. The van der Waals surface area contributed by atoms with Gasteiger partial charge in [-0.1, -0.05) is 66.2 Å². The Morgan fingerprint density at radius 2 is 1.31 bits per heavy atom. The Labute approximate surface area is 178 Å². The molecule has 29 heavy (non-hydrogen) atoms. The molecule has 2 rings (SSSR count). The van der Waals surface area contributed by atoms with E-state index in [0.717, 1.165) is 49.7 Å². The molecule has 1 aliphatic rings. The van der Waals surface area contributed by atoms with Gasteiger partial charge in [-0.2, -0.15) is 0 Å². The predicted octanol–water partition coefficient (Wildman–Crippen LogP) is 7.64. The van der Waals surface area contributed by atoms with Crippen LogP contribution in [-0.4, -0.2) is 15.3 Å². The van der Waals surface area contributed by atoms with E-state index in [4.69, 9.17) is 0 Å². The first-order valence-corrected chi connectivity index (χ1v) is 11.9. The van der Waals surface area contributed by atoms with Crippen molar-refractivity contribution in [2.24, 2.45) is 10.8 Å². The molecule has 0 radical (unpaired) electrons. The largest absolute Gasteiger partial charge is 0.508 e. The fraction of sp³-hybridized carbons (Fsp3) is 0.769. The third kappa shape index (κ3) is 8.48. The van der Waals surface area contributed by atoms with Crippen LogP contribution in [0.2, 0.25) is 0 Å². The molecule has 166 valence electrons. The average molecular weight is 405 g/mol. The van der Waals surface area contributed by atoms with Crippen molar-refractivity contribution in [3.63, 3.8) is 0 Å². The fourth-order valence-corrected chi connectivity index (χ4v) is 4.27. The van der Waals surface area contributed by atoms with Gasteiger partial charge in [-0.3, -0.25) is 0 Å². The number of phenolic OH excluding ortho intramolecular Hbond substituents is 3. The first-order valence-electron chi connectivity index (χ1n) is 11.9. The number of benzene rings is 1. The molecule has 3 heteroatoms. The molecule has 1 aromatic rings. The number of hydrogen-bond donors (Lipinski definition) is 3. The van der Waals surface area contributed by atoms with Crippen LogP contribution in [0.3, 0.4) is 0 Å². The highest BCUT2D eigenvalue weighted by Crippen LogP contribution is 2.49. The normalized spacial score (nSPS) is 15.6. The number of unbranched alkanes of at least 4 members (excludes halogenated alkanes) is 6. The van der Waals surface area contributed by atoms with Crippen LogP contribution < -0.4 is 0 Å². The summed E-state index contributed by atoms with van der Waals surface area (Å²) in [7, 11) is 0. The van der Waals surface area contributed by atoms with Gasteiger partial charge in [0.1, 0.15) is 5.75 Å². The lowest BCUT2D eigenvalue weighted by molar-refractivity contribution is 0.356. The standard InChI is InChI=1S/C26H44O3/c1-25(2,3)15-11-7-5-10-14-21-20(22(27)19-23(28)24(21)29)13-9-6-8-12-16-26(4)17-18-26/h19,27-29H,5-18H2,1-4H3. The van der Waals surface area contributed by atoms with Crippen LogP contribution >= 0.6 is 0 Å². The highest BCUT2D eigenvalue weighted by atomic mass is 16.3. The molecule has 0 aliphatic heterocycles. The molecule has 1 aromatic carbocycles. The van der Waals surface area contributed by atoms with Crippen molar-refractivity contribution in [1.82, 2.24) is 0 Å². The van der Waals surface area contributed by atoms with Gasteiger partial charge in [-0.05, 0) is 62.2 Å². The third-order valence-electron chi connectivity index (χ3n) is 6.64. The summed E-state index contributed by atoms with van der Waals surface area (Å²) in [5, 5.41) is 30.7. The van der Waals surface area contributed by atoms with Crippen molar-refractivity contribution in [2.45, 2.75) is 118 Å². The first-order chi connectivity index (χ1) is 13.6. The van der Waals surface area contributed by atoms with Gasteiger partial charge in [-0.15, -0.1) is 0 Å². The molecule has 3 N–H and O–H groups in total. The van der Waals surface area contributed by atoms with Crippen LogP contribution in [0.1, 0.15) is 116 Å². The summed E-state index contributed by atoms with van der Waals surface area (Å²) in [6, 6.07) is 1.30. The van der Waals surface area contributed by atoms with Crippen molar-refractivity contribution in [3.05, 3.63) is 17.2 Å². The molecule has 0 saturated heterocycles. The highest BCUT2D eigenvalue weighted by molar-refractivity contribution is 5.55. The fourth-order valence-electron chi connectivity index (χ4n) is 4.27. The molecule has 0 heterocycles. The summed E-state index contributed by atoms with van der Waals surface area (Å²) in [4.78, 5) is 0. The van der Waals surface area contributed by atoms with E-state index < -0.39 is 0 Å². The number of phenols is 3. The molecule has 0 bridgehead atoms. The SMILES string of the molecule is CC(C)(C)CCCCCCc1c(O)c(O)cc(O)c1CCCCCCC1(C)CC1. The lowest BCUT2D eigenvalue weighted by Crippen LogP contribution is -2.04. The molecular weight excluding hydrogens is 360 g/mol. The molecule has 1 aliphatic carbocycles. The highest BCUT2D eigenvalue weighted by Gasteiger charge is 2.35. The van der Waals surface area contributed by atoms with E-state index >= 15 is 0 Å². The first kappa shape index (κ1) is 23.9. The van der Waals surface area contributed by atoms with Gasteiger partial charge in [0.15, 0.2) is 11.5 Å². The van der Waals surface area contributed by atoms with E-state index in [9.17, 15) is 15.3 Å². The summed E-state index contributed by atoms with van der Waals surface area (Å²) in [6.45, 7) is 9.22. The zero-order chi connectivity index (χ0) is 21.5. The van der Waals surface area contributed by atoms with Crippen molar-refractivity contribution >= 4 is 0 Å². The number of hydrogen-bond acceptors (Lipinski definition) is 3. The molecule has 0 amide bonds. The number of aromatic hydroxyl groups is 3. The van der Waals surface area contributed by atoms with E-state index in [-0.39, 0.29) is 17.2 Å². The maximum Gasteiger partial charge on any atom is 0.161 e. The average Bonchev–Trinajstić information content (AvgIpc) is 3.36. The van der Waals surface area contributed by atoms with Crippen LogP contribution in [0.15, 0.2) is 6.07 Å². The van der Waals surface area contributed by atoms with Gasteiger partial charge >= 0.3 is 0 Å². The zero-order valence-corrected chi connectivity index (χ0v) is 19.3. The van der Waals surface area contributed by atoms with Crippen molar-refractivity contribution < 1.29 is 15.3 Å². The van der Waals surface area contributed by atoms with E-state index in [0.29, 0.717) is 10.8 Å².